The fraction of sp³-hybridized carbons (Fsp3) is 0.286. The van der Waals surface area contributed by atoms with Crippen molar-refractivity contribution in [3.63, 3.8) is 0 Å². The Hall–Kier alpha value is -2.30. The van der Waals surface area contributed by atoms with Gasteiger partial charge in [-0.05, 0) is 24.6 Å². The van der Waals surface area contributed by atoms with Crippen molar-refractivity contribution >= 4 is 12.1 Å². The lowest BCUT2D eigenvalue weighted by Gasteiger charge is -2.21. The van der Waals surface area contributed by atoms with Gasteiger partial charge in [-0.15, -0.1) is 0 Å². The number of nitrogens with one attached hydrogen (secondary N) is 1. The van der Waals surface area contributed by atoms with Crippen molar-refractivity contribution in [3.8, 4) is 11.5 Å². The fourth-order valence-electron chi connectivity index (χ4n) is 2.18. The second-order valence-corrected chi connectivity index (χ2v) is 4.51. The number of hydrogen-bond donors (Lipinski definition) is 2. The summed E-state index contributed by atoms with van der Waals surface area (Å²) in [6.07, 6.45) is 1.89. The number of benzene rings is 1. The van der Waals surface area contributed by atoms with Crippen LogP contribution in [0, 0.1) is 5.41 Å². The summed E-state index contributed by atoms with van der Waals surface area (Å²) in [6, 6.07) is 4.23. The molecule has 2 rings (SSSR count). The Morgan fingerprint density at radius 1 is 1.63 bits per heavy atom. The monoisotopic (exact) mass is 260 g/mol. The van der Waals surface area contributed by atoms with Crippen molar-refractivity contribution in [3.05, 3.63) is 35.9 Å². The average molecular weight is 260 g/mol. The molecule has 5 nitrogen and oxygen atoms in total. The highest BCUT2D eigenvalue weighted by atomic mass is 16.5. The predicted octanol–water partition coefficient (Wildman–Crippen LogP) is 1.82. The lowest BCUT2D eigenvalue weighted by molar-refractivity contribution is 0.0774. The maximum atomic E-state index is 12.4. The molecule has 0 saturated carbocycles. The van der Waals surface area contributed by atoms with E-state index in [1.165, 1.54) is 25.5 Å². The molecule has 1 atom stereocenters. The highest BCUT2D eigenvalue weighted by molar-refractivity contribution is 5.97. The van der Waals surface area contributed by atoms with Crippen LogP contribution in [0.15, 0.2) is 30.4 Å². The van der Waals surface area contributed by atoms with Crippen molar-refractivity contribution in [1.29, 1.82) is 5.41 Å². The molecule has 0 radical (unpaired) electrons. The van der Waals surface area contributed by atoms with Gasteiger partial charge in [0.05, 0.1) is 13.2 Å². The molecule has 0 spiro atoms. The summed E-state index contributed by atoms with van der Waals surface area (Å²) in [5.74, 6) is 0.0641. The molecule has 1 aromatic rings. The lowest BCUT2D eigenvalue weighted by atomic mass is 10.1. The van der Waals surface area contributed by atoms with E-state index in [-0.39, 0.29) is 23.4 Å². The Balaban J connectivity index is 2.29. The minimum absolute atomic E-state index is 0.00603. The zero-order chi connectivity index (χ0) is 14.0. The summed E-state index contributed by atoms with van der Waals surface area (Å²) >= 11 is 0. The number of carbonyl (C=O) groups is 1. The minimum Gasteiger partial charge on any atom is -0.504 e. The Kier molecular flexibility index (Phi) is 3.55. The molecular formula is C14H16N2O3. The average Bonchev–Trinajstić information content (AvgIpc) is 2.79. The first-order chi connectivity index (χ1) is 9.06. The quantitative estimate of drug-likeness (QED) is 0.643. The number of phenols is 1. The minimum atomic E-state index is -0.236. The van der Waals surface area contributed by atoms with Crippen LogP contribution < -0.4 is 4.74 Å². The molecule has 1 aromatic carbocycles. The van der Waals surface area contributed by atoms with Crippen LogP contribution in [0.2, 0.25) is 0 Å². The number of phenolic OH excluding ortho intramolecular Hbond substituents is 1. The van der Waals surface area contributed by atoms with Crippen LogP contribution in [0.25, 0.3) is 0 Å². The van der Waals surface area contributed by atoms with E-state index in [2.05, 4.69) is 6.58 Å². The third-order valence-electron chi connectivity index (χ3n) is 3.17. The molecule has 0 aromatic heterocycles. The Morgan fingerprint density at radius 2 is 2.37 bits per heavy atom. The van der Waals surface area contributed by atoms with E-state index in [0.29, 0.717) is 18.5 Å². The van der Waals surface area contributed by atoms with Gasteiger partial charge in [0, 0.05) is 18.3 Å². The first-order valence-electron chi connectivity index (χ1n) is 5.92. The first kappa shape index (κ1) is 13.1. The van der Waals surface area contributed by atoms with Crippen LogP contribution in [0.1, 0.15) is 16.8 Å². The number of hydrogen-bond acceptors (Lipinski definition) is 4. The highest BCUT2D eigenvalue weighted by Gasteiger charge is 2.30. The molecule has 1 aliphatic heterocycles. The van der Waals surface area contributed by atoms with E-state index < -0.39 is 0 Å². The second-order valence-electron chi connectivity index (χ2n) is 4.51. The number of carbonyl (C=O) groups excluding carboxylic acids is 1. The van der Waals surface area contributed by atoms with Gasteiger partial charge < -0.3 is 20.2 Å². The van der Waals surface area contributed by atoms with E-state index in [1.54, 1.807) is 11.0 Å². The molecule has 1 fully saturated rings. The number of nitrogens with zero attached hydrogens (tertiary/aromatic N) is 1. The third kappa shape index (κ3) is 2.45. The molecule has 1 heterocycles. The van der Waals surface area contributed by atoms with Crippen molar-refractivity contribution in [2.24, 2.45) is 0 Å². The molecule has 100 valence electrons. The van der Waals surface area contributed by atoms with Gasteiger partial charge in [0.2, 0.25) is 0 Å². The maximum absolute atomic E-state index is 12.4. The SMILES string of the molecule is C=C1C[C@@H](C=N)N(C(=O)c2ccc(O)c(OC)c2)C1. The summed E-state index contributed by atoms with van der Waals surface area (Å²) in [5, 5.41) is 16.9. The van der Waals surface area contributed by atoms with E-state index in [1.807, 2.05) is 0 Å². The topological polar surface area (TPSA) is 73.6 Å². The molecule has 0 unspecified atom stereocenters. The second kappa shape index (κ2) is 5.14. The van der Waals surface area contributed by atoms with E-state index in [0.717, 1.165) is 5.57 Å². The summed E-state index contributed by atoms with van der Waals surface area (Å²) in [6.45, 7) is 4.32. The van der Waals surface area contributed by atoms with Crippen molar-refractivity contribution < 1.29 is 14.6 Å². The van der Waals surface area contributed by atoms with Crippen LogP contribution in [-0.4, -0.2) is 41.8 Å². The molecule has 19 heavy (non-hydrogen) atoms. The molecular weight excluding hydrogens is 244 g/mol. The molecule has 1 amide bonds. The van der Waals surface area contributed by atoms with Gasteiger partial charge in [0.15, 0.2) is 11.5 Å². The number of amides is 1. The number of methoxy groups -OCH3 is 1. The van der Waals surface area contributed by atoms with Crippen molar-refractivity contribution in [2.75, 3.05) is 13.7 Å². The van der Waals surface area contributed by atoms with Crippen molar-refractivity contribution in [2.45, 2.75) is 12.5 Å². The Bertz CT molecular complexity index is 539. The summed E-state index contributed by atoms with van der Waals surface area (Å²) in [7, 11) is 1.43. The van der Waals surface area contributed by atoms with Crippen molar-refractivity contribution in [1.82, 2.24) is 4.90 Å². The molecule has 1 aliphatic rings. The number of aromatic hydroxyl groups is 1. The predicted molar refractivity (Wildman–Crippen MR) is 72.0 cm³/mol. The standard InChI is InChI=1S/C14H16N2O3/c1-9-5-11(7-15)16(8-9)14(18)10-3-4-12(17)13(6-10)19-2/h3-4,6-7,11,15,17H,1,5,8H2,2H3/t11-/m0/s1. The number of ether oxygens (including phenoxy) is 1. The summed E-state index contributed by atoms with van der Waals surface area (Å²) < 4.78 is 4.99. The summed E-state index contributed by atoms with van der Waals surface area (Å²) in [4.78, 5) is 14.0. The van der Waals surface area contributed by atoms with E-state index >= 15 is 0 Å². The van der Waals surface area contributed by atoms with Gasteiger partial charge in [-0.1, -0.05) is 12.2 Å². The van der Waals surface area contributed by atoms with E-state index in [9.17, 15) is 9.90 Å². The Labute approximate surface area is 111 Å². The smallest absolute Gasteiger partial charge is 0.254 e. The van der Waals surface area contributed by atoms with Crippen LogP contribution in [0.5, 0.6) is 11.5 Å². The van der Waals surface area contributed by atoms with Crippen LogP contribution >= 0.6 is 0 Å². The van der Waals surface area contributed by atoms with E-state index in [4.69, 9.17) is 10.1 Å². The fourth-order valence-corrected chi connectivity index (χ4v) is 2.18. The van der Waals surface area contributed by atoms with Crippen LogP contribution in [-0.2, 0) is 0 Å². The molecule has 2 N–H and O–H groups in total. The third-order valence-corrected chi connectivity index (χ3v) is 3.17. The molecule has 0 bridgehead atoms. The molecule has 1 saturated heterocycles. The van der Waals surface area contributed by atoms with Gasteiger partial charge in [-0.2, -0.15) is 0 Å². The largest absolute Gasteiger partial charge is 0.504 e. The normalized spacial score (nSPS) is 18.5. The van der Waals surface area contributed by atoms with Gasteiger partial charge in [0.25, 0.3) is 5.91 Å². The number of likely N-dealkylation sites (tertiary alicyclic amines) is 1. The summed E-state index contributed by atoms with van der Waals surface area (Å²) in [5.41, 5.74) is 1.36. The number of rotatable bonds is 3. The van der Waals surface area contributed by atoms with Crippen LogP contribution in [0.3, 0.4) is 0 Å². The molecule has 5 heteroatoms. The van der Waals surface area contributed by atoms with Crippen LogP contribution in [0.4, 0.5) is 0 Å². The zero-order valence-electron chi connectivity index (χ0n) is 10.7. The van der Waals surface area contributed by atoms with Gasteiger partial charge in [-0.25, -0.2) is 0 Å². The molecule has 0 aliphatic carbocycles. The Morgan fingerprint density at radius 3 is 3.00 bits per heavy atom. The van der Waals surface area contributed by atoms with Gasteiger partial charge in [-0.3, -0.25) is 4.79 Å². The zero-order valence-corrected chi connectivity index (χ0v) is 10.7. The van der Waals surface area contributed by atoms with Gasteiger partial charge >= 0.3 is 0 Å². The highest BCUT2D eigenvalue weighted by Crippen LogP contribution is 2.28. The lowest BCUT2D eigenvalue weighted by Crippen LogP contribution is -2.36. The maximum Gasteiger partial charge on any atom is 0.254 e. The first-order valence-corrected chi connectivity index (χ1v) is 5.92. The van der Waals surface area contributed by atoms with Gasteiger partial charge in [0.1, 0.15) is 0 Å².